The summed E-state index contributed by atoms with van der Waals surface area (Å²) >= 11 is 0. The third-order valence-corrected chi connectivity index (χ3v) is 3.25. The molecule has 0 bridgehead atoms. The van der Waals surface area contributed by atoms with Crippen LogP contribution in [0.5, 0.6) is 0 Å². The Hall–Kier alpha value is -1.36. The third-order valence-electron chi connectivity index (χ3n) is 3.25. The maximum atomic E-state index is 5.33. The van der Waals surface area contributed by atoms with Crippen LogP contribution in [-0.4, -0.2) is 46.8 Å². The number of rotatable bonds is 2. The zero-order valence-corrected chi connectivity index (χ0v) is 12.6. The lowest BCUT2D eigenvalue weighted by molar-refractivity contribution is 0.0393. The molecule has 19 heavy (non-hydrogen) atoms. The number of aromatic nitrogens is 2. The van der Waals surface area contributed by atoms with Crippen molar-refractivity contribution >= 4 is 5.71 Å². The van der Waals surface area contributed by atoms with Gasteiger partial charge in [-0.3, -0.25) is 9.69 Å². The molecule has 1 aliphatic rings. The molecule has 1 fully saturated rings. The molecular formula is C14H24N4O. The van der Waals surface area contributed by atoms with Crippen LogP contribution >= 0.6 is 0 Å². The maximum absolute atomic E-state index is 5.33. The van der Waals surface area contributed by atoms with Gasteiger partial charge in [0.2, 0.25) is 0 Å². The summed E-state index contributed by atoms with van der Waals surface area (Å²) in [6.45, 7) is 13.8. The van der Waals surface area contributed by atoms with Crippen LogP contribution in [0.3, 0.4) is 0 Å². The second-order valence-corrected chi connectivity index (χ2v) is 6.00. The van der Waals surface area contributed by atoms with E-state index in [0.717, 1.165) is 43.3 Å². The van der Waals surface area contributed by atoms with Crippen molar-refractivity contribution in [3.05, 3.63) is 17.5 Å². The molecule has 0 unspecified atom stereocenters. The number of morpholine rings is 1. The van der Waals surface area contributed by atoms with Gasteiger partial charge in [0.05, 0.1) is 43.2 Å². The SMILES string of the molecule is C/C(=N/N1CCOCC1)c1cn(C(C)(C)C)nc1C. The lowest BCUT2D eigenvalue weighted by Gasteiger charge is -2.24. The predicted molar refractivity (Wildman–Crippen MR) is 76.6 cm³/mol. The first-order chi connectivity index (χ1) is 8.88. The molecule has 0 saturated carbocycles. The fraction of sp³-hybridized carbons (Fsp3) is 0.714. The van der Waals surface area contributed by atoms with E-state index in [2.05, 4.69) is 42.2 Å². The molecule has 1 aliphatic heterocycles. The van der Waals surface area contributed by atoms with Crippen LogP contribution in [0.1, 0.15) is 39.0 Å². The van der Waals surface area contributed by atoms with Crippen LogP contribution in [-0.2, 0) is 10.3 Å². The van der Waals surface area contributed by atoms with Gasteiger partial charge in [0.1, 0.15) is 0 Å². The van der Waals surface area contributed by atoms with E-state index >= 15 is 0 Å². The summed E-state index contributed by atoms with van der Waals surface area (Å²) in [5, 5.41) is 11.3. The average Bonchev–Trinajstić information content (AvgIpc) is 2.72. The van der Waals surface area contributed by atoms with Gasteiger partial charge in [-0.1, -0.05) is 0 Å². The van der Waals surface area contributed by atoms with E-state index in [1.165, 1.54) is 0 Å². The molecule has 0 N–H and O–H groups in total. The Bertz CT molecular complexity index is 464. The van der Waals surface area contributed by atoms with E-state index in [-0.39, 0.29) is 5.54 Å². The smallest absolute Gasteiger partial charge is 0.0685 e. The molecule has 5 heteroatoms. The Morgan fingerprint density at radius 3 is 2.47 bits per heavy atom. The maximum Gasteiger partial charge on any atom is 0.0685 e. The summed E-state index contributed by atoms with van der Waals surface area (Å²) < 4.78 is 7.34. The standard InChI is InChI=1S/C14H24N4O/c1-11(15-17-6-8-19-9-7-17)13-10-18(14(3,4)5)16-12(13)2/h10H,6-9H2,1-5H3/b15-11-. The molecule has 0 aromatic carbocycles. The van der Waals surface area contributed by atoms with Gasteiger partial charge in [-0.05, 0) is 34.6 Å². The number of hydrazone groups is 1. The molecule has 0 amide bonds. The quantitative estimate of drug-likeness (QED) is 0.767. The molecule has 106 valence electrons. The van der Waals surface area contributed by atoms with Crippen LogP contribution in [0, 0.1) is 6.92 Å². The average molecular weight is 264 g/mol. The second-order valence-electron chi connectivity index (χ2n) is 6.00. The van der Waals surface area contributed by atoms with Crippen molar-refractivity contribution in [2.75, 3.05) is 26.3 Å². The predicted octanol–water partition coefficient (Wildman–Crippen LogP) is 2.00. The topological polar surface area (TPSA) is 42.6 Å². The van der Waals surface area contributed by atoms with Crippen LogP contribution < -0.4 is 0 Å². The van der Waals surface area contributed by atoms with Gasteiger partial charge in [-0.15, -0.1) is 0 Å². The van der Waals surface area contributed by atoms with Crippen molar-refractivity contribution in [2.45, 2.75) is 40.2 Å². The number of hydrogen-bond donors (Lipinski definition) is 0. The van der Waals surface area contributed by atoms with Crippen LogP contribution in [0.2, 0.25) is 0 Å². The molecule has 5 nitrogen and oxygen atoms in total. The Labute approximate surface area is 115 Å². The molecule has 0 aliphatic carbocycles. The van der Waals surface area contributed by atoms with E-state index < -0.39 is 0 Å². The summed E-state index contributed by atoms with van der Waals surface area (Å²) in [5.41, 5.74) is 3.18. The van der Waals surface area contributed by atoms with Crippen molar-refractivity contribution in [3.63, 3.8) is 0 Å². The zero-order valence-electron chi connectivity index (χ0n) is 12.6. The minimum Gasteiger partial charge on any atom is -0.378 e. The number of aryl methyl sites for hydroxylation is 1. The fourth-order valence-corrected chi connectivity index (χ4v) is 2.08. The van der Waals surface area contributed by atoms with Gasteiger partial charge in [0, 0.05) is 11.8 Å². The summed E-state index contributed by atoms with van der Waals surface area (Å²) in [4.78, 5) is 0. The van der Waals surface area contributed by atoms with Gasteiger partial charge < -0.3 is 4.74 Å². The highest BCUT2D eigenvalue weighted by molar-refractivity contribution is 5.99. The Balaban J connectivity index is 2.21. The van der Waals surface area contributed by atoms with Crippen molar-refractivity contribution in [1.29, 1.82) is 0 Å². The first-order valence-corrected chi connectivity index (χ1v) is 6.83. The lowest BCUT2D eigenvalue weighted by Crippen LogP contribution is -2.33. The molecule has 1 saturated heterocycles. The van der Waals surface area contributed by atoms with Crippen molar-refractivity contribution in [1.82, 2.24) is 14.8 Å². The molecular weight excluding hydrogens is 240 g/mol. The molecule has 0 radical (unpaired) electrons. The van der Waals surface area contributed by atoms with E-state index in [1.807, 2.05) is 18.5 Å². The lowest BCUT2D eigenvalue weighted by atomic mass is 10.1. The Morgan fingerprint density at radius 2 is 1.95 bits per heavy atom. The van der Waals surface area contributed by atoms with Gasteiger partial charge in [0.25, 0.3) is 0 Å². The minimum atomic E-state index is 0.00224. The van der Waals surface area contributed by atoms with E-state index in [9.17, 15) is 0 Å². The van der Waals surface area contributed by atoms with Crippen molar-refractivity contribution < 1.29 is 4.74 Å². The van der Waals surface area contributed by atoms with Crippen LogP contribution in [0.25, 0.3) is 0 Å². The highest BCUT2D eigenvalue weighted by Crippen LogP contribution is 2.17. The van der Waals surface area contributed by atoms with Gasteiger partial charge in [-0.2, -0.15) is 10.2 Å². The summed E-state index contributed by atoms with van der Waals surface area (Å²) in [6, 6.07) is 0. The fourth-order valence-electron chi connectivity index (χ4n) is 2.08. The molecule has 1 aromatic rings. The van der Waals surface area contributed by atoms with E-state index in [4.69, 9.17) is 4.74 Å². The monoisotopic (exact) mass is 264 g/mol. The highest BCUT2D eigenvalue weighted by Gasteiger charge is 2.18. The number of hydrogen-bond acceptors (Lipinski definition) is 4. The normalized spacial score (nSPS) is 17.9. The van der Waals surface area contributed by atoms with E-state index in [0.29, 0.717) is 0 Å². The summed E-state index contributed by atoms with van der Waals surface area (Å²) in [5.74, 6) is 0. The van der Waals surface area contributed by atoms with Crippen LogP contribution in [0.4, 0.5) is 0 Å². The van der Waals surface area contributed by atoms with Gasteiger partial charge >= 0.3 is 0 Å². The number of ether oxygens (including phenoxy) is 1. The molecule has 0 atom stereocenters. The first kappa shape index (κ1) is 14.1. The first-order valence-electron chi connectivity index (χ1n) is 6.83. The minimum absolute atomic E-state index is 0.00224. The highest BCUT2D eigenvalue weighted by atomic mass is 16.5. The van der Waals surface area contributed by atoms with Gasteiger partial charge in [0.15, 0.2) is 0 Å². The van der Waals surface area contributed by atoms with Gasteiger partial charge in [-0.25, -0.2) is 0 Å². The largest absolute Gasteiger partial charge is 0.378 e. The summed E-state index contributed by atoms with van der Waals surface area (Å²) in [6.07, 6.45) is 2.09. The number of nitrogens with zero attached hydrogens (tertiary/aromatic N) is 4. The zero-order chi connectivity index (χ0) is 14.0. The Morgan fingerprint density at radius 1 is 1.32 bits per heavy atom. The Kier molecular flexibility index (Phi) is 3.94. The third kappa shape index (κ3) is 3.35. The van der Waals surface area contributed by atoms with Crippen molar-refractivity contribution in [3.8, 4) is 0 Å². The van der Waals surface area contributed by atoms with Crippen molar-refractivity contribution in [2.24, 2.45) is 5.10 Å². The van der Waals surface area contributed by atoms with E-state index in [1.54, 1.807) is 0 Å². The molecule has 2 rings (SSSR count). The second kappa shape index (κ2) is 5.33. The van der Waals surface area contributed by atoms with Crippen LogP contribution in [0.15, 0.2) is 11.3 Å². The summed E-state index contributed by atoms with van der Waals surface area (Å²) in [7, 11) is 0. The molecule has 2 heterocycles. The molecule has 0 spiro atoms. The molecule has 1 aromatic heterocycles.